The van der Waals surface area contributed by atoms with E-state index in [4.69, 9.17) is 11.0 Å². The number of anilines is 1. The molecule has 74 valence electrons. The van der Waals surface area contributed by atoms with Gasteiger partial charge in [0.15, 0.2) is 0 Å². The molecule has 1 unspecified atom stereocenters. The fourth-order valence-corrected chi connectivity index (χ4v) is 1.21. The van der Waals surface area contributed by atoms with Crippen LogP contribution >= 0.6 is 0 Å². The van der Waals surface area contributed by atoms with E-state index in [1.165, 1.54) is 0 Å². The molecule has 1 aromatic rings. The average Bonchev–Trinajstić information content (AvgIpc) is 2.27. The van der Waals surface area contributed by atoms with E-state index in [9.17, 15) is 0 Å². The monoisotopic (exact) mass is 189 g/mol. The van der Waals surface area contributed by atoms with Crippen LogP contribution in [0.25, 0.3) is 0 Å². The van der Waals surface area contributed by atoms with E-state index in [2.05, 4.69) is 17.9 Å². The summed E-state index contributed by atoms with van der Waals surface area (Å²) in [6.07, 6.45) is 0. The van der Waals surface area contributed by atoms with Gasteiger partial charge in [0.05, 0.1) is 11.6 Å². The Balaban J connectivity index is 2.91. The third-order valence-electron chi connectivity index (χ3n) is 2.38. The first-order valence-electron chi connectivity index (χ1n) is 4.62. The van der Waals surface area contributed by atoms with Crippen molar-refractivity contribution in [3.8, 4) is 6.07 Å². The van der Waals surface area contributed by atoms with Gasteiger partial charge in [-0.3, -0.25) is 0 Å². The second-order valence-corrected chi connectivity index (χ2v) is 3.36. The number of benzene rings is 1. The SMILES string of the molecule is CC(CN)N(C)c1cccc(C#N)c1. The zero-order chi connectivity index (χ0) is 10.6. The van der Waals surface area contributed by atoms with Crippen molar-refractivity contribution in [1.29, 1.82) is 5.26 Å². The zero-order valence-corrected chi connectivity index (χ0v) is 8.57. The maximum absolute atomic E-state index is 8.75. The molecule has 0 bridgehead atoms. The number of nitriles is 1. The standard InChI is InChI=1S/C11H15N3/c1-9(7-12)14(2)11-5-3-4-10(6-11)8-13/h3-6,9H,7,12H2,1-2H3. The van der Waals surface area contributed by atoms with Crippen LogP contribution in [0.3, 0.4) is 0 Å². The maximum Gasteiger partial charge on any atom is 0.0992 e. The van der Waals surface area contributed by atoms with Gasteiger partial charge >= 0.3 is 0 Å². The van der Waals surface area contributed by atoms with E-state index in [1.807, 2.05) is 25.2 Å². The van der Waals surface area contributed by atoms with Crippen LogP contribution in [0.1, 0.15) is 12.5 Å². The van der Waals surface area contributed by atoms with E-state index in [0.29, 0.717) is 12.1 Å². The van der Waals surface area contributed by atoms with Crippen molar-refractivity contribution in [3.05, 3.63) is 29.8 Å². The Labute approximate surface area is 84.7 Å². The molecular weight excluding hydrogens is 174 g/mol. The molecule has 0 radical (unpaired) electrons. The van der Waals surface area contributed by atoms with Gasteiger partial charge < -0.3 is 10.6 Å². The number of hydrogen-bond acceptors (Lipinski definition) is 3. The molecule has 0 aliphatic carbocycles. The highest BCUT2D eigenvalue weighted by Crippen LogP contribution is 2.16. The predicted molar refractivity (Wildman–Crippen MR) is 58.1 cm³/mol. The minimum absolute atomic E-state index is 0.281. The molecule has 0 fully saturated rings. The third-order valence-corrected chi connectivity index (χ3v) is 2.38. The molecule has 3 heteroatoms. The molecule has 0 aromatic heterocycles. The number of rotatable bonds is 3. The molecule has 1 rings (SSSR count). The van der Waals surface area contributed by atoms with Crippen molar-refractivity contribution >= 4 is 5.69 Å². The highest BCUT2D eigenvalue weighted by atomic mass is 15.1. The summed E-state index contributed by atoms with van der Waals surface area (Å²) in [5, 5.41) is 8.75. The molecule has 0 saturated carbocycles. The first-order chi connectivity index (χ1) is 6.69. The summed E-state index contributed by atoms with van der Waals surface area (Å²) in [4.78, 5) is 2.07. The summed E-state index contributed by atoms with van der Waals surface area (Å²) in [6, 6.07) is 9.93. The van der Waals surface area contributed by atoms with Crippen molar-refractivity contribution in [1.82, 2.24) is 0 Å². The topological polar surface area (TPSA) is 53.0 Å². The second-order valence-electron chi connectivity index (χ2n) is 3.36. The highest BCUT2D eigenvalue weighted by Gasteiger charge is 2.07. The van der Waals surface area contributed by atoms with E-state index in [-0.39, 0.29) is 6.04 Å². The van der Waals surface area contributed by atoms with Gasteiger partial charge in [-0.05, 0) is 25.1 Å². The van der Waals surface area contributed by atoms with Crippen LogP contribution in [-0.4, -0.2) is 19.6 Å². The molecule has 0 amide bonds. The Bertz CT molecular complexity index is 341. The largest absolute Gasteiger partial charge is 0.371 e. The first kappa shape index (κ1) is 10.6. The molecule has 0 aliphatic heterocycles. The minimum Gasteiger partial charge on any atom is -0.371 e. The lowest BCUT2D eigenvalue weighted by atomic mass is 10.2. The van der Waals surface area contributed by atoms with Crippen molar-refractivity contribution < 1.29 is 0 Å². The second kappa shape index (κ2) is 4.64. The van der Waals surface area contributed by atoms with Crippen LogP contribution in [0.4, 0.5) is 5.69 Å². The summed E-state index contributed by atoms with van der Waals surface area (Å²) < 4.78 is 0. The van der Waals surface area contributed by atoms with Crippen LogP contribution in [0, 0.1) is 11.3 Å². The van der Waals surface area contributed by atoms with Crippen molar-refractivity contribution in [3.63, 3.8) is 0 Å². The van der Waals surface area contributed by atoms with Gasteiger partial charge in [-0.15, -0.1) is 0 Å². The lowest BCUT2D eigenvalue weighted by Gasteiger charge is -2.25. The van der Waals surface area contributed by atoms with Gasteiger partial charge in [-0.2, -0.15) is 5.26 Å². The summed E-state index contributed by atoms with van der Waals surface area (Å²) in [6.45, 7) is 2.66. The Morgan fingerprint density at radius 1 is 1.57 bits per heavy atom. The molecule has 1 atom stereocenters. The van der Waals surface area contributed by atoms with E-state index in [1.54, 1.807) is 6.07 Å². The fourth-order valence-electron chi connectivity index (χ4n) is 1.21. The number of likely N-dealkylation sites (N-methyl/N-ethyl adjacent to an activating group) is 1. The number of nitrogens with two attached hydrogens (primary N) is 1. The van der Waals surface area contributed by atoms with Gasteiger partial charge in [0, 0.05) is 25.3 Å². The van der Waals surface area contributed by atoms with Gasteiger partial charge in [-0.1, -0.05) is 6.07 Å². The Hall–Kier alpha value is -1.53. The predicted octanol–water partition coefficient (Wildman–Crippen LogP) is 1.34. The molecule has 1 aromatic carbocycles. The maximum atomic E-state index is 8.75. The normalized spacial score (nSPS) is 11.9. The lowest BCUT2D eigenvalue weighted by Crippen LogP contribution is -2.35. The average molecular weight is 189 g/mol. The quantitative estimate of drug-likeness (QED) is 0.780. The minimum atomic E-state index is 0.281. The third kappa shape index (κ3) is 2.24. The van der Waals surface area contributed by atoms with Gasteiger partial charge in [0.2, 0.25) is 0 Å². The molecular formula is C11H15N3. The fraction of sp³-hybridized carbons (Fsp3) is 0.364. The van der Waals surface area contributed by atoms with Crippen LogP contribution in [0.2, 0.25) is 0 Å². The van der Waals surface area contributed by atoms with Crippen LogP contribution in [0.5, 0.6) is 0 Å². The molecule has 0 spiro atoms. The molecule has 0 heterocycles. The molecule has 0 aliphatic rings. The zero-order valence-electron chi connectivity index (χ0n) is 8.57. The van der Waals surface area contributed by atoms with Crippen molar-refractivity contribution in [2.45, 2.75) is 13.0 Å². The van der Waals surface area contributed by atoms with E-state index in [0.717, 1.165) is 5.69 Å². The van der Waals surface area contributed by atoms with Crippen molar-refractivity contribution in [2.75, 3.05) is 18.5 Å². The molecule has 14 heavy (non-hydrogen) atoms. The lowest BCUT2D eigenvalue weighted by molar-refractivity contribution is 0.695. The molecule has 3 nitrogen and oxygen atoms in total. The number of hydrogen-bond donors (Lipinski definition) is 1. The Morgan fingerprint density at radius 3 is 2.86 bits per heavy atom. The van der Waals surface area contributed by atoms with Gasteiger partial charge in [0.25, 0.3) is 0 Å². The molecule has 0 saturated heterocycles. The first-order valence-corrected chi connectivity index (χ1v) is 4.62. The van der Waals surface area contributed by atoms with Crippen molar-refractivity contribution in [2.24, 2.45) is 5.73 Å². The summed E-state index contributed by atoms with van der Waals surface area (Å²) in [5.41, 5.74) is 7.28. The summed E-state index contributed by atoms with van der Waals surface area (Å²) in [5.74, 6) is 0. The van der Waals surface area contributed by atoms with E-state index >= 15 is 0 Å². The van der Waals surface area contributed by atoms with Gasteiger partial charge in [0.1, 0.15) is 0 Å². The Morgan fingerprint density at radius 2 is 2.29 bits per heavy atom. The Kier molecular flexibility index (Phi) is 3.49. The van der Waals surface area contributed by atoms with Crippen LogP contribution in [-0.2, 0) is 0 Å². The smallest absolute Gasteiger partial charge is 0.0992 e. The number of nitrogens with zero attached hydrogens (tertiary/aromatic N) is 2. The van der Waals surface area contributed by atoms with E-state index < -0.39 is 0 Å². The highest BCUT2D eigenvalue weighted by molar-refractivity contribution is 5.51. The van der Waals surface area contributed by atoms with Crippen LogP contribution in [0.15, 0.2) is 24.3 Å². The summed E-state index contributed by atoms with van der Waals surface area (Å²) >= 11 is 0. The summed E-state index contributed by atoms with van der Waals surface area (Å²) in [7, 11) is 1.98. The van der Waals surface area contributed by atoms with Crippen LogP contribution < -0.4 is 10.6 Å². The van der Waals surface area contributed by atoms with Gasteiger partial charge in [-0.25, -0.2) is 0 Å². The molecule has 2 N–H and O–H groups in total.